The number of aliphatic hydroxyl groups is 1. The maximum absolute atomic E-state index is 11.1. The van der Waals surface area contributed by atoms with Crippen LogP contribution in [0.2, 0.25) is 0 Å². The third-order valence-electron chi connectivity index (χ3n) is 1.81. The number of anilines is 2. The van der Waals surface area contributed by atoms with Crippen molar-refractivity contribution in [2.24, 2.45) is 0 Å². The van der Waals surface area contributed by atoms with Crippen molar-refractivity contribution in [1.29, 1.82) is 0 Å². The molecule has 3 N–H and O–H groups in total. The number of hydrogen-bond acceptors (Lipinski definition) is 5. The van der Waals surface area contributed by atoms with Gasteiger partial charge in [-0.3, -0.25) is 4.79 Å². The van der Waals surface area contributed by atoms with E-state index in [-0.39, 0.29) is 5.56 Å². The number of rotatable bonds is 0. The summed E-state index contributed by atoms with van der Waals surface area (Å²) in [7, 11) is 1.65. The molecular formula is C6H8N4O2. The van der Waals surface area contributed by atoms with E-state index in [1.165, 1.54) is 11.2 Å². The van der Waals surface area contributed by atoms with Crippen molar-refractivity contribution in [3.05, 3.63) is 16.7 Å². The van der Waals surface area contributed by atoms with Gasteiger partial charge in [-0.15, -0.1) is 0 Å². The monoisotopic (exact) mass is 168 g/mol. The lowest BCUT2D eigenvalue weighted by molar-refractivity contribution is 0.210. The second kappa shape index (κ2) is 2.21. The number of aromatic nitrogens is 2. The summed E-state index contributed by atoms with van der Waals surface area (Å²) in [6.07, 6.45) is 0.438. The fourth-order valence-corrected chi connectivity index (χ4v) is 1.13. The van der Waals surface area contributed by atoms with E-state index in [9.17, 15) is 9.90 Å². The molecule has 1 unspecified atom stereocenters. The van der Waals surface area contributed by atoms with Crippen LogP contribution in [-0.4, -0.2) is 28.5 Å². The minimum absolute atomic E-state index is 0.275. The van der Waals surface area contributed by atoms with Crippen molar-refractivity contribution in [3.63, 3.8) is 0 Å². The summed E-state index contributed by atoms with van der Waals surface area (Å²) in [6.45, 7) is 0. The zero-order valence-electron chi connectivity index (χ0n) is 6.40. The van der Waals surface area contributed by atoms with Crippen molar-refractivity contribution in [3.8, 4) is 0 Å². The smallest absolute Gasteiger partial charge is 0.276 e. The third-order valence-corrected chi connectivity index (χ3v) is 1.81. The van der Waals surface area contributed by atoms with Gasteiger partial charge in [-0.1, -0.05) is 0 Å². The summed E-state index contributed by atoms with van der Waals surface area (Å²) in [4.78, 5) is 18.9. The molecule has 1 aromatic rings. The normalized spacial score (nSPS) is 20.5. The minimum Gasteiger partial charge on any atom is -0.356 e. The van der Waals surface area contributed by atoms with E-state index in [1.807, 2.05) is 0 Å². The Labute approximate surface area is 67.9 Å². The molecule has 1 aromatic heterocycles. The average Bonchev–Trinajstić information content (AvgIpc) is 2.32. The van der Waals surface area contributed by atoms with Crippen molar-refractivity contribution < 1.29 is 5.11 Å². The minimum atomic E-state index is -0.865. The van der Waals surface area contributed by atoms with Crippen LogP contribution >= 0.6 is 0 Å². The first kappa shape index (κ1) is 7.11. The Bertz CT molecular complexity index is 361. The molecule has 0 aromatic carbocycles. The number of aliphatic hydroxyl groups excluding tert-OH is 1. The first-order chi connectivity index (χ1) is 5.70. The highest BCUT2D eigenvalue weighted by molar-refractivity contribution is 5.69. The van der Waals surface area contributed by atoms with Crippen LogP contribution in [0.3, 0.4) is 0 Å². The SMILES string of the molecule is CN1c2nc[nH]c(=O)c2NC1O. The highest BCUT2D eigenvalue weighted by Gasteiger charge is 2.26. The van der Waals surface area contributed by atoms with Gasteiger partial charge < -0.3 is 20.3 Å². The summed E-state index contributed by atoms with van der Waals surface area (Å²) in [5, 5.41) is 11.9. The summed E-state index contributed by atoms with van der Waals surface area (Å²) in [6, 6.07) is 0. The molecule has 0 bridgehead atoms. The second-order valence-electron chi connectivity index (χ2n) is 2.56. The zero-order chi connectivity index (χ0) is 8.72. The van der Waals surface area contributed by atoms with Crippen LogP contribution in [0, 0.1) is 0 Å². The lowest BCUT2D eigenvalue weighted by Gasteiger charge is -2.13. The molecule has 2 heterocycles. The zero-order valence-corrected chi connectivity index (χ0v) is 6.40. The number of nitrogens with zero attached hydrogens (tertiary/aromatic N) is 2. The molecule has 0 aliphatic carbocycles. The van der Waals surface area contributed by atoms with E-state index in [0.29, 0.717) is 11.5 Å². The topological polar surface area (TPSA) is 81.2 Å². The molecule has 0 spiro atoms. The number of H-pyrrole nitrogens is 1. The molecule has 0 amide bonds. The number of nitrogens with one attached hydrogen (secondary N) is 2. The molecule has 0 saturated heterocycles. The molecular weight excluding hydrogens is 160 g/mol. The van der Waals surface area contributed by atoms with Gasteiger partial charge in [0.05, 0.1) is 6.33 Å². The van der Waals surface area contributed by atoms with Crippen LogP contribution in [0.15, 0.2) is 11.1 Å². The maximum Gasteiger partial charge on any atom is 0.276 e. The van der Waals surface area contributed by atoms with Crippen molar-refractivity contribution >= 4 is 11.5 Å². The Morgan fingerprint density at radius 3 is 3.17 bits per heavy atom. The molecule has 12 heavy (non-hydrogen) atoms. The molecule has 0 saturated carbocycles. The Hall–Kier alpha value is -1.56. The van der Waals surface area contributed by atoms with E-state index in [2.05, 4.69) is 15.3 Å². The molecule has 2 rings (SSSR count). The third kappa shape index (κ3) is 0.782. The predicted octanol–water partition coefficient (Wildman–Crippen LogP) is -1.09. The first-order valence-electron chi connectivity index (χ1n) is 3.45. The lowest BCUT2D eigenvalue weighted by atomic mass is 10.5. The largest absolute Gasteiger partial charge is 0.356 e. The van der Waals surface area contributed by atoms with Crippen LogP contribution in [0.4, 0.5) is 11.5 Å². The predicted molar refractivity (Wildman–Crippen MR) is 42.9 cm³/mol. The van der Waals surface area contributed by atoms with Gasteiger partial charge in [0, 0.05) is 7.05 Å². The molecule has 0 fully saturated rings. The number of fused-ring (bicyclic) bond motifs is 1. The molecule has 1 atom stereocenters. The quantitative estimate of drug-likeness (QED) is 0.458. The van der Waals surface area contributed by atoms with Gasteiger partial charge in [0.1, 0.15) is 5.69 Å². The van der Waals surface area contributed by atoms with Gasteiger partial charge in [0.2, 0.25) is 6.35 Å². The fourth-order valence-electron chi connectivity index (χ4n) is 1.13. The lowest BCUT2D eigenvalue weighted by Crippen LogP contribution is -2.31. The Morgan fingerprint density at radius 1 is 1.75 bits per heavy atom. The fraction of sp³-hybridized carbons (Fsp3) is 0.333. The van der Waals surface area contributed by atoms with E-state index in [1.54, 1.807) is 7.05 Å². The van der Waals surface area contributed by atoms with Crippen LogP contribution in [0.25, 0.3) is 0 Å². The molecule has 1 aliphatic rings. The highest BCUT2D eigenvalue weighted by Crippen LogP contribution is 2.24. The van der Waals surface area contributed by atoms with Crippen LogP contribution < -0.4 is 15.8 Å². The Kier molecular flexibility index (Phi) is 1.31. The maximum atomic E-state index is 11.1. The van der Waals surface area contributed by atoms with Crippen molar-refractivity contribution in [1.82, 2.24) is 9.97 Å². The van der Waals surface area contributed by atoms with Gasteiger partial charge in [-0.05, 0) is 0 Å². The summed E-state index contributed by atoms with van der Waals surface area (Å²) >= 11 is 0. The van der Waals surface area contributed by atoms with E-state index >= 15 is 0 Å². The molecule has 6 heteroatoms. The second-order valence-corrected chi connectivity index (χ2v) is 2.56. The first-order valence-corrected chi connectivity index (χ1v) is 3.45. The van der Waals surface area contributed by atoms with Crippen molar-refractivity contribution in [2.75, 3.05) is 17.3 Å². The van der Waals surface area contributed by atoms with E-state index < -0.39 is 6.35 Å². The van der Waals surface area contributed by atoms with Crippen LogP contribution in [-0.2, 0) is 0 Å². The Morgan fingerprint density at radius 2 is 2.50 bits per heavy atom. The van der Waals surface area contributed by atoms with Gasteiger partial charge in [-0.25, -0.2) is 4.98 Å². The van der Waals surface area contributed by atoms with Crippen molar-refractivity contribution in [2.45, 2.75) is 6.35 Å². The average molecular weight is 168 g/mol. The van der Waals surface area contributed by atoms with Crippen LogP contribution in [0.1, 0.15) is 0 Å². The number of aromatic amines is 1. The summed E-state index contributed by atoms with van der Waals surface area (Å²) < 4.78 is 0. The molecule has 0 radical (unpaired) electrons. The molecule has 6 nitrogen and oxygen atoms in total. The van der Waals surface area contributed by atoms with Gasteiger partial charge in [0.25, 0.3) is 5.56 Å². The summed E-state index contributed by atoms with van der Waals surface area (Å²) in [5.74, 6) is 0.464. The van der Waals surface area contributed by atoms with Gasteiger partial charge >= 0.3 is 0 Å². The van der Waals surface area contributed by atoms with Gasteiger partial charge in [-0.2, -0.15) is 0 Å². The van der Waals surface area contributed by atoms with Gasteiger partial charge in [0.15, 0.2) is 5.82 Å². The van der Waals surface area contributed by atoms with E-state index in [0.717, 1.165) is 0 Å². The van der Waals surface area contributed by atoms with E-state index in [4.69, 9.17) is 0 Å². The molecule has 1 aliphatic heterocycles. The highest BCUT2D eigenvalue weighted by atomic mass is 16.3. The van der Waals surface area contributed by atoms with Crippen LogP contribution in [0.5, 0.6) is 0 Å². The Balaban J connectivity index is 2.61. The summed E-state index contributed by atoms with van der Waals surface area (Å²) in [5.41, 5.74) is 0.0379. The number of hydrogen-bond donors (Lipinski definition) is 3. The standard InChI is InChI=1S/C6H8N4O2/c1-10-4-3(9-6(10)12)5(11)8-2-7-4/h2,6,9,12H,1H3,(H,7,8,11). The molecule has 64 valence electrons.